The summed E-state index contributed by atoms with van der Waals surface area (Å²) in [5.74, 6) is -0.989. The molecule has 2 aliphatic heterocycles. The molecule has 2 heterocycles. The van der Waals surface area contributed by atoms with Crippen molar-refractivity contribution in [2.24, 2.45) is 0 Å². The molecule has 9 heteroatoms. The fraction of sp³-hybridized carbons (Fsp3) is 0.562. The number of hydrogen-bond donors (Lipinski definition) is 3. The molecular formula is C16H23ClFN3O3S. The summed E-state index contributed by atoms with van der Waals surface area (Å²) in [5.41, 5.74) is 0. The van der Waals surface area contributed by atoms with Crippen LogP contribution in [0.1, 0.15) is 32.1 Å². The topological polar surface area (TPSA) is 87.3 Å². The van der Waals surface area contributed by atoms with Gasteiger partial charge in [0.1, 0.15) is 10.7 Å². The van der Waals surface area contributed by atoms with Crippen molar-refractivity contribution in [2.45, 2.75) is 55.1 Å². The third-order valence-corrected chi connectivity index (χ3v) is 6.10. The number of hydrogen-bond acceptors (Lipinski definition) is 4. The van der Waals surface area contributed by atoms with Gasteiger partial charge < -0.3 is 10.6 Å². The maximum Gasteiger partial charge on any atom is 0.243 e. The summed E-state index contributed by atoms with van der Waals surface area (Å²) in [6.07, 6.45) is 4.18. The second kappa shape index (κ2) is 8.44. The van der Waals surface area contributed by atoms with Crippen LogP contribution >= 0.6 is 12.4 Å². The van der Waals surface area contributed by atoms with E-state index in [1.165, 1.54) is 18.2 Å². The van der Waals surface area contributed by atoms with Crippen LogP contribution < -0.4 is 15.4 Å². The quantitative estimate of drug-likeness (QED) is 0.682. The third-order valence-electron chi connectivity index (χ3n) is 4.61. The van der Waals surface area contributed by atoms with Gasteiger partial charge in [0, 0.05) is 31.1 Å². The van der Waals surface area contributed by atoms with E-state index in [-0.39, 0.29) is 37.3 Å². The van der Waals surface area contributed by atoms with Crippen LogP contribution in [0.3, 0.4) is 0 Å². The molecule has 140 valence electrons. The molecule has 0 aliphatic carbocycles. The highest BCUT2D eigenvalue weighted by Gasteiger charge is 2.33. The van der Waals surface area contributed by atoms with Gasteiger partial charge in [-0.1, -0.05) is 12.1 Å². The lowest BCUT2D eigenvalue weighted by molar-refractivity contribution is -0.121. The molecule has 0 radical (unpaired) electrons. The predicted molar refractivity (Wildman–Crippen MR) is 94.6 cm³/mol. The Morgan fingerprint density at radius 3 is 2.48 bits per heavy atom. The van der Waals surface area contributed by atoms with E-state index in [4.69, 9.17) is 0 Å². The van der Waals surface area contributed by atoms with E-state index < -0.39 is 20.7 Å². The molecule has 0 spiro atoms. The van der Waals surface area contributed by atoms with Gasteiger partial charge in [0.25, 0.3) is 0 Å². The zero-order valence-corrected chi connectivity index (χ0v) is 15.3. The zero-order valence-electron chi connectivity index (χ0n) is 13.7. The molecule has 2 aliphatic rings. The van der Waals surface area contributed by atoms with Gasteiger partial charge >= 0.3 is 0 Å². The minimum Gasteiger partial charge on any atom is -0.353 e. The van der Waals surface area contributed by atoms with E-state index >= 15 is 0 Å². The Kier molecular flexibility index (Phi) is 6.79. The minimum absolute atomic E-state index is 0. The number of amides is 1. The largest absolute Gasteiger partial charge is 0.353 e. The van der Waals surface area contributed by atoms with Crippen molar-refractivity contribution in [3.8, 4) is 0 Å². The number of piperidine rings is 1. The Hall–Kier alpha value is -1.22. The van der Waals surface area contributed by atoms with Gasteiger partial charge in [-0.2, -0.15) is 0 Å². The maximum atomic E-state index is 13.6. The molecular weight excluding hydrogens is 369 g/mol. The number of carbonyl (C=O) groups excluding carboxylic acids is 1. The van der Waals surface area contributed by atoms with Crippen molar-refractivity contribution < 1.29 is 17.6 Å². The van der Waals surface area contributed by atoms with Crippen LogP contribution in [0.15, 0.2) is 29.2 Å². The van der Waals surface area contributed by atoms with Gasteiger partial charge in [0.2, 0.25) is 15.9 Å². The van der Waals surface area contributed by atoms with Crippen molar-refractivity contribution >= 4 is 28.3 Å². The first-order valence-corrected chi connectivity index (χ1v) is 9.72. The second-order valence-electron chi connectivity index (χ2n) is 6.45. The number of benzene rings is 1. The summed E-state index contributed by atoms with van der Waals surface area (Å²) < 4.78 is 39.9. The number of sulfonamides is 1. The van der Waals surface area contributed by atoms with E-state index in [0.717, 1.165) is 31.7 Å². The molecule has 2 bridgehead atoms. The maximum absolute atomic E-state index is 13.6. The second-order valence-corrected chi connectivity index (χ2v) is 8.19. The molecule has 2 atom stereocenters. The Morgan fingerprint density at radius 2 is 1.84 bits per heavy atom. The Bertz CT molecular complexity index is 704. The first kappa shape index (κ1) is 20.1. The summed E-state index contributed by atoms with van der Waals surface area (Å²) in [6, 6.07) is 6.28. The fourth-order valence-corrected chi connectivity index (χ4v) is 4.62. The highest BCUT2D eigenvalue weighted by Crippen LogP contribution is 2.26. The molecule has 0 aromatic heterocycles. The predicted octanol–water partition coefficient (Wildman–Crippen LogP) is 1.32. The molecule has 1 aromatic carbocycles. The Morgan fingerprint density at radius 1 is 1.20 bits per heavy atom. The molecule has 3 rings (SSSR count). The van der Waals surface area contributed by atoms with E-state index in [2.05, 4.69) is 15.4 Å². The Labute approximate surface area is 153 Å². The monoisotopic (exact) mass is 391 g/mol. The standard InChI is InChI=1S/C16H22FN3O3S.ClH/c17-14-3-1-2-4-15(14)24(22,23)18-8-7-16(21)20-13-9-11-5-6-12(10-13)19-11;/h1-4,11-13,18-19H,5-10H2,(H,20,21);1H. The van der Waals surface area contributed by atoms with Crippen LogP contribution in [-0.4, -0.2) is 39.0 Å². The highest BCUT2D eigenvalue weighted by molar-refractivity contribution is 7.89. The first-order valence-electron chi connectivity index (χ1n) is 8.23. The summed E-state index contributed by atoms with van der Waals surface area (Å²) in [4.78, 5) is 11.6. The van der Waals surface area contributed by atoms with Gasteiger partial charge in [0.05, 0.1) is 0 Å². The lowest BCUT2D eigenvalue weighted by atomic mass is 10.00. The summed E-state index contributed by atoms with van der Waals surface area (Å²) in [6.45, 7) is -0.0552. The molecule has 1 amide bonds. The minimum atomic E-state index is -3.94. The zero-order chi connectivity index (χ0) is 17.2. The van der Waals surface area contributed by atoms with Crippen molar-refractivity contribution in [3.05, 3.63) is 30.1 Å². The molecule has 2 fully saturated rings. The van der Waals surface area contributed by atoms with Crippen LogP contribution in [0.2, 0.25) is 0 Å². The normalized spacial score (nSPS) is 25.2. The smallest absolute Gasteiger partial charge is 0.243 e. The molecule has 2 saturated heterocycles. The number of nitrogens with one attached hydrogen (secondary N) is 3. The average molecular weight is 392 g/mol. The highest BCUT2D eigenvalue weighted by atomic mass is 35.5. The molecule has 25 heavy (non-hydrogen) atoms. The lowest BCUT2D eigenvalue weighted by Crippen LogP contribution is -2.48. The number of halogens is 2. The van der Waals surface area contributed by atoms with Gasteiger partial charge in [0.15, 0.2) is 0 Å². The fourth-order valence-electron chi connectivity index (χ4n) is 3.51. The van der Waals surface area contributed by atoms with Crippen LogP contribution in [0.5, 0.6) is 0 Å². The first-order chi connectivity index (χ1) is 11.4. The van der Waals surface area contributed by atoms with Gasteiger partial charge in [-0.05, 0) is 37.8 Å². The summed E-state index contributed by atoms with van der Waals surface area (Å²) in [5, 5.41) is 6.47. The van der Waals surface area contributed by atoms with Gasteiger partial charge in [-0.15, -0.1) is 12.4 Å². The van der Waals surface area contributed by atoms with E-state index in [0.29, 0.717) is 12.1 Å². The van der Waals surface area contributed by atoms with E-state index in [9.17, 15) is 17.6 Å². The molecule has 0 saturated carbocycles. The van der Waals surface area contributed by atoms with Crippen LogP contribution in [0.4, 0.5) is 4.39 Å². The van der Waals surface area contributed by atoms with Crippen molar-refractivity contribution in [1.82, 2.24) is 15.4 Å². The van der Waals surface area contributed by atoms with Gasteiger partial charge in [-0.25, -0.2) is 17.5 Å². The average Bonchev–Trinajstić information content (AvgIpc) is 2.86. The van der Waals surface area contributed by atoms with Crippen LogP contribution in [0.25, 0.3) is 0 Å². The van der Waals surface area contributed by atoms with Crippen molar-refractivity contribution in [1.29, 1.82) is 0 Å². The number of rotatable bonds is 6. The lowest BCUT2D eigenvalue weighted by Gasteiger charge is -2.29. The van der Waals surface area contributed by atoms with Gasteiger partial charge in [-0.3, -0.25) is 4.79 Å². The van der Waals surface area contributed by atoms with E-state index in [1.807, 2.05) is 0 Å². The summed E-state index contributed by atoms with van der Waals surface area (Å²) >= 11 is 0. The van der Waals surface area contributed by atoms with Crippen LogP contribution in [0, 0.1) is 5.82 Å². The number of carbonyl (C=O) groups is 1. The van der Waals surface area contributed by atoms with Crippen LogP contribution in [-0.2, 0) is 14.8 Å². The SMILES string of the molecule is Cl.O=C(CCNS(=O)(=O)c1ccccc1F)NC1CC2CCC(C1)N2. The number of fused-ring (bicyclic) bond motifs is 2. The Balaban J connectivity index is 0.00000225. The molecule has 3 N–H and O–H groups in total. The van der Waals surface area contributed by atoms with Crippen molar-refractivity contribution in [3.63, 3.8) is 0 Å². The molecule has 6 nitrogen and oxygen atoms in total. The van der Waals surface area contributed by atoms with Crippen molar-refractivity contribution in [2.75, 3.05) is 6.54 Å². The molecule has 2 unspecified atom stereocenters. The third kappa shape index (κ3) is 5.13. The summed E-state index contributed by atoms with van der Waals surface area (Å²) in [7, 11) is -3.94. The van der Waals surface area contributed by atoms with E-state index in [1.54, 1.807) is 0 Å². The molecule has 1 aromatic rings.